The van der Waals surface area contributed by atoms with Crippen molar-refractivity contribution in [1.29, 1.82) is 0 Å². The molecule has 0 fully saturated rings. The first-order valence-electron chi connectivity index (χ1n) is 14.1. The van der Waals surface area contributed by atoms with E-state index >= 15 is 0 Å². The summed E-state index contributed by atoms with van der Waals surface area (Å²) in [5, 5.41) is 13.7. The van der Waals surface area contributed by atoms with Crippen LogP contribution in [-0.4, -0.2) is 0 Å². The Hall–Kier alpha value is -5.40. The van der Waals surface area contributed by atoms with Gasteiger partial charge in [0, 0.05) is 16.8 Å². The summed E-state index contributed by atoms with van der Waals surface area (Å²) in [6, 6.07) is 57.0. The molecule has 0 aliphatic rings. The molecule has 0 aliphatic heterocycles. The molecule has 1 nitrogen and oxygen atoms in total. The van der Waals surface area contributed by atoms with Gasteiger partial charge in [-0.1, -0.05) is 121 Å². The van der Waals surface area contributed by atoms with E-state index in [1.807, 2.05) is 0 Å². The highest BCUT2D eigenvalue weighted by Crippen LogP contribution is 2.36. The number of anilines is 2. The Morgan fingerprint density at radius 2 is 0.805 bits per heavy atom. The summed E-state index contributed by atoms with van der Waals surface area (Å²) in [4.78, 5) is 0. The molecule has 1 N–H and O–H groups in total. The van der Waals surface area contributed by atoms with Crippen LogP contribution in [-0.2, 0) is 0 Å². The van der Waals surface area contributed by atoms with Crippen molar-refractivity contribution in [2.45, 2.75) is 0 Å². The third-order valence-electron chi connectivity index (χ3n) is 8.19. The second-order valence-corrected chi connectivity index (χ2v) is 10.7. The van der Waals surface area contributed by atoms with Gasteiger partial charge in [0.25, 0.3) is 0 Å². The minimum atomic E-state index is 1.08. The smallest absolute Gasteiger partial charge is 0.0464 e. The van der Waals surface area contributed by atoms with Crippen LogP contribution < -0.4 is 5.32 Å². The molecule has 8 aromatic carbocycles. The average Bonchev–Trinajstić information content (AvgIpc) is 3.04. The minimum absolute atomic E-state index is 1.08. The molecule has 0 radical (unpaired) electrons. The number of hydrogen-bond acceptors (Lipinski definition) is 1. The quantitative estimate of drug-likeness (QED) is 0.243. The van der Waals surface area contributed by atoms with Gasteiger partial charge in [-0.3, -0.25) is 0 Å². The molecular formula is C40H27N. The van der Waals surface area contributed by atoms with Crippen LogP contribution in [0.1, 0.15) is 0 Å². The number of hydrogen-bond donors (Lipinski definition) is 1. The molecule has 0 unspecified atom stereocenters. The standard InChI is InChI=1S/C40H27N/c1-3-9-29-23-31(15-13-27(29)7-1)32-16-17-34-26-36(20-19-33(34)24-32)41-40-22-21-37(38-11-5-6-12-39(38)40)35-18-14-28-8-2-4-10-30(28)25-35/h1-26,41H. The molecule has 8 rings (SSSR count). The Morgan fingerprint density at radius 1 is 0.317 bits per heavy atom. The molecule has 0 amide bonds. The van der Waals surface area contributed by atoms with Crippen LogP contribution in [0, 0.1) is 0 Å². The largest absolute Gasteiger partial charge is 0.355 e. The summed E-state index contributed by atoms with van der Waals surface area (Å²) in [5.41, 5.74) is 7.15. The molecule has 41 heavy (non-hydrogen) atoms. The van der Waals surface area contributed by atoms with E-state index < -0.39 is 0 Å². The van der Waals surface area contributed by atoms with Crippen LogP contribution in [0.4, 0.5) is 11.4 Å². The SMILES string of the molecule is c1ccc2cc(-c3ccc4cc(Nc5ccc(-c6ccc7ccccc7c6)c6ccccc56)ccc4c3)ccc2c1. The predicted molar refractivity (Wildman–Crippen MR) is 177 cm³/mol. The van der Waals surface area contributed by atoms with E-state index in [1.54, 1.807) is 0 Å². The van der Waals surface area contributed by atoms with Gasteiger partial charge in [-0.15, -0.1) is 0 Å². The zero-order valence-electron chi connectivity index (χ0n) is 22.5. The first-order valence-corrected chi connectivity index (χ1v) is 14.1. The highest BCUT2D eigenvalue weighted by molar-refractivity contribution is 6.05. The molecule has 0 aromatic heterocycles. The van der Waals surface area contributed by atoms with Crippen molar-refractivity contribution in [3.63, 3.8) is 0 Å². The molecule has 0 bridgehead atoms. The molecule has 8 aromatic rings. The Bertz CT molecular complexity index is 2240. The molecule has 1 heteroatoms. The van der Waals surface area contributed by atoms with E-state index in [9.17, 15) is 0 Å². The summed E-state index contributed by atoms with van der Waals surface area (Å²) in [6.07, 6.45) is 0. The van der Waals surface area contributed by atoms with Crippen LogP contribution in [0.5, 0.6) is 0 Å². The van der Waals surface area contributed by atoms with Gasteiger partial charge in [-0.2, -0.15) is 0 Å². The number of fused-ring (bicyclic) bond motifs is 4. The molecule has 192 valence electrons. The van der Waals surface area contributed by atoms with Crippen molar-refractivity contribution in [2.24, 2.45) is 0 Å². The first-order chi connectivity index (χ1) is 20.3. The minimum Gasteiger partial charge on any atom is -0.355 e. The van der Waals surface area contributed by atoms with E-state index in [2.05, 4.69) is 163 Å². The summed E-state index contributed by atoms with van der Waals surface area (Å²) >= 11 is 0. The molecule has 0 saturated carbocycles. The predicted octanol–water partition coefficient (Wildman–Crippen LogP) is 11.4. The number of nitrogens with one attached hydrogen (secondary N) is 1. The topological polar surface area (TPSA) is 12.0 Å². The monoisotopic (exact) mass is 521 g/mol. The maximum atomic E-state index is 3.71. The van der Waals surface area contributed by atoms with E-state index in [0.717, 1.165) is 11.4 Å². The maximum Gasteiger partial charge on any atom is 0.0464 e. The molecular weight excluding hydrogens is 494 g/mol. The van der Waals surface area contributed by atoms with Gasteiger partial charge in [0.1, 0.15) is 0 Å². The zero-order chi connectivity index (χ0) is 27.2. The Kier molecular flexibility index (Phi) is 5.53. The summed E-state index contributed by atoms with van der Waals surface area (Å²) in [6.45, 7) is 0. The fraction of sp³-hybridized carbons (Fsp3) is 0. The first kappa shape index (κ1) is 23.5. The number of rotatable bonds is 4. The Labute approximate surface area is 239 Å². The fourth-order valence-corrected chi connectivity index (χ4v) is 6.04. The van der Waals surface area contributed by atoms with E-state index in [1.165, 1.54) is 65.3 Å². The third-order valence-corrected chi connectivity index (χ3v) is 8.19. The molecule has 0 atom stereocenters. The van der Waals surface area contributed by atoms with Crippen LogP contribution in [0.25, 0.3) is 65.3 Å². The van der Waals surface area contributed by atoms with Crippen molar-refractivity contribution < 1.29 is 0 Å². The summed E-state index contributed by atoms with van der Waals surface area (Å²) in [7, 11) is 0. The lowest BCUT2D eigenvalue weighted by atomic mass is 9.95. The van der Waals surface area contributed by atoms with Crippen LogP contribution in [0.2, 0.25) is 0 Å². The molecule has 0 aliphatic carbocycles. The van der Waals surface area contributed by atoms with E-state index in [4.69, 9.17) is 0 Å². The maximum absolute atomic E-state index is 3.71. The highest BCUT2D eigenvalue weighted by atomic mass is 14.9. The molecule has 0 spiro atoms. The van der Waals surface area contributed by atoms with Crippen LogP contribution >= 0.6 is 0 Å². The van der Waals surface area contributed by atoms with Gasteiger partial charge >= 0.3 is 0 Å². The van der Waals surface area contributed by atoms with Crippen molar-refractivity contribution in [3.8, 4) is 22.3 Å². The second-order valence-electron chi connectivity index (χ2n) is 10.7. The lowest BCUT2D eigenvalue weighted by Crippen LogP contribution is -1.93. The lowest BCUT2D eigenvalue weighted by Gasteiger charge is -2.15. The molecule has 0 heterocycles. The van der Waals surface area contributed by atoms with Crippen molar-refractivity contribution >= 4 is 54.5 Å². The normalized spacial score (nSPS) is 11.4. The molecule has 0 saturated heterocycles. The van der Waals surface area contributed by atoms with E-state index in [0.29, 0.717) is 0 Å². The van der Waals surface area contributed by atoms with Gasteiger partial charge in [-0.05, 0) is 96.4 Å². The average molecular weight is 522 g/mol. The third kappa shape index (κ3) is 4.29. The van der Waals surface area contributed by atoms with Gasteiger partial charge in [0.05, 0.1) is 0 Å². The second kappa shape index (κ2) is 9.66. The Morgan fingerprint density at radius 3 is 1.51 bits per heavy atom. The zero-order valence-corrected chi connectivity index (χ0v) is 22.5. The Balaban J connectivity index is 1.13. The van der Waals surface area contributed by atoms with Crippen LogP contribution in [0.15, 0.2) is 158 Å². The van der Waals surface area contributed by atoms with Crippen LogP contribution in [0.3, 0.4) is 0 Å². The van der Waals surface area contributed by atoms with Crippen molar-refractivity contribution in [1.82, 2.24) is 0 Å². The fourth-order valence-electron chi connectivity index (χ4n) is 6.04. The van der Waals surface area contributed by atoms with Gasteiger partial charge in [-0.25, -0.2) is 0 Å². The van der Waals surface area contributed by atoms with Crippen molar-refractivity contribution in [2.75, 3.05) is 5.32 Å². The lowest BCUT2D eigenvalue weighted by molar-refractivity contribution is 1.59. The summed E-state index contributed by atoms with van der Waals surface area (Å²) < 4.78 is 0. The van der Waals surface area contributed by atoms with E-state index in [-0.39, 0.29) is 0 Å². The van der Waals surface area contributed by atoms with Gasteiger partial charge in [0.2, 0.25) is 0 Å². The van der Waals surface area contributed by atoms with Gasteiger partial charge < -0.3 is 5.32 Å². The highest BCUT2D eigenvalue weighted by Gasteiger charge is 2.10. The summed E-state index contributed by atoms with van der Waals surface area (Å²) in [5.74, 6) is 0. The van der Waals surface area contributed by atoms with Crippen molar-refractivity contribution in [3.05, 3.63) is 158 Å². The number of benzene rings is 8. The van der Waals surface area contributed by atoms with Gasteiger partial charge in [0.15, 0.2) is 0 Å².